The first kappa shape index (κ1) is 15.8. The summed E-state index contributed by atoms with van der Waals surface area (Å²) in [7, 11) is 1.71. The van der Waals surface area contributed by atoms with Crippen molar-refractivity contribution < 1.29 is 14.6 Å². The van der Waals surface area contributed by atoms with Crippen LogP contribution in [0.25, 0.3) is 0 Å². The van der Waals surface area contributed by atoms with E-state index >= 15 is 0 Å². The van der Waals surface area contributed by atoms with Gasteiger partial charge in [-0.15, -0.1) is 0 Å². The Morgan fingerprint density at radius 3 is 2.57 bits per heavy atom. The number of rotatable bonds is 5. The van der Waals surface area contributed by atoms with E-state index in [1.165, 1.54) is 0 Å². The van der Waals surface area contributed by atoms with Gasteiger partial charge in [-0.1, -0.05) is 12.1 Å². The van der Waals surface area contributed by atoms with Gasteiger partial charge in [0.2, 0.25) is 5.91 Å². The van der Waals surface area contributed by atoms with E-state index in [1.54, 1.807) is 31.4 Å². The third-order valence-electron chi connectivity index (χ3n) is 4.04. The van der Waals surface area contributed by atoms with Crippen molar-refractivity contribution in [1.82, 2.24) is 4.90 Å². The second-order valence-electron chi connectivity index (χ2n) is 5.70. The zero-order chi connectivity index (χ0) is 15.2. The summed E-state index contributed by atoms with van der Waals surface area (Å²) in [6, 6.07) is 6.31. The summed E-state index contributed by atoms with van der Waals surface area (Å²) in [6.45, 7) is 2.29. The van der Waals surface area contributed by atoms with Crippen molar-refractivity contribution in [3.63, 3.8) is 0 Å². The molecule has 0 bridgehead atoms. The van der Waals surface area contributed by atoms with Gasteiger partial charge in [0, 0.05) is 26.8 Å². The van der Waals surface area contributed by atoms with Crippen LogP contribution in [0.5, 0.6) is 5.75 Å². The molecule has 116 valence electrons. The van der Waals surface area contributed by atoms with E-state index in [1.807, 2.05) is 4.90 Å². The first-order valence-electron chi connectivity index (χ1n) is 7.41. The van der Waals surface area contributed by atoms with Gasteiger partial charge in [0.05, 0.1) is 6.04 Å². The van der Waals surface area contributed by atoms with Crippen LogP contribution < -0.4 is 5.73 Å². The van der Waals surface area contributed by atoms with E-state index in [0.717, 1.165) is 38.1 Å². The summed E-state index contributed by atoms with van der Waals surface area (Å²) in [4.78, 5) is 14.2. The lowest BCUT2D eigenvalue weighted by molar-refractivity contribution is -0.134. The monoisotopic (exact) mass is 292 g/mol. The van der Waals surface area contributed by atoms with Crippen LogP contribution in [0.2, 0.25) is 0 Å². The van der Waals surface area contributed by atoms with Crippen LogP contribution in [0.4, 0.5) is 0 Å². The van der Waals surface area contributed by atoms with Crippen molar-refractivity contribution in [2.45, 2.75) is 25.3 Å². The molecule has 0 saturated carbocycles. The summed E-state index contributed by atoms with van der Waals surface area (Å²) in [5.41, 5.74) is 6.99. The number of benzene rings is 1. The lowest BCUT2D eigenvalue weighted by Gasteiger charge is -2.33. The van der Waals surface area contributed by atoms with Gasteiger partial charge in [-0.3, -0.25) is 4.79 Å². The lowest BCUT2D eigenvalue weighted by atomic mass is 9.96. The maximum Gasteiger partial charge on any atom is 0.239 e. The fraction of sp³-hybridized carbons (Fsp3) is 0.562. The van der Waals surface area contributed by atoms with Crippen LogP contribution in [-0.2, 0) is 16.0 Å². The van der Waals surface area contributed by atoms with Crippen molar-refractivity contribution in [1.29, 1.82) is 0 Å². The quantitative estimate of drug-likeness (QED) is 0.853. The van der Waals surface area contributed by atoms with Gasteiger partial charge >= 0.3 is 0 Å². The van der Waals surface area contributed by atoms with E-state index in [9.17, 15) is 9.90 Å². The Balaban J connectivity index is 1.84. The average Bonchev–Trinajstić information content (AvgIpc) is 2.50. The molecule has 1 aliphatic heterocycles. The zero-order valence-corrected chi connectivity index (χ0v) is 12.5. The Hall–Kier alpha value is -1.59. The molecule has 0 spiro atoms. The molecule has 1 unspecified atom stereocenters. The van der Waals surface area contributed by atoms with Gasteiger partial charge < -0.3 is 20.5 Å². The first-order chi connectivity index (χ1) is 10.1. The Kier molecular flexibility index (Phi) is 5.59. The van der Waals surface area contributed by atoms with Crippen molar-refractivity contribution >= 4 is 5.91 Å². The Morgan fingerprint density at radius 2 is 2.00 bits per heavy atom. The molecule has 5 nitrogen and oxygen atoms in total. The number of methoxy groups -OCH3 is 1. The fourth-order valence-corrected chi connectivity index (χ4v) is 2.76. The molecule has 1 atom stereocenters. The van der Waals surface area contributed by atoms with Crippen LogP contribution in [0.1, 0.15) is 18.4 Å². The average molecular weight is 292 g/mol. The molecule has 2 rings (SSSR count). The van der Waals surface area contributed by atoms with Gasteiger partial charge in [0.15, 0.2) is 0 Å². The third kappa shape index (κ3) is 4.44. The molecule has 1 aromatic carbocycles. The lowest BCUT2D eigenvalue weighted by Crippen LogP contribution is -2.48. The Labute approximate surface area is 125 Å². The molecule has 5 heteroatoms. The highest BCUT2D eigenvalue weighted by Crippen LogP contribution is 2.18. The van der Waals surface area contributed by atoms with Gasteiger partial charge in [-0.2, -0.15) is 0 Å². The SMILES string of the molecule is COCC1CCN(C(=O)C(N)Cc2ccc(O)cc2)CC1. The Morgan fingerprint density at radius 1 is 1.38 bits per heavy atom. The highest BCUT2D eigenvalue weighted by atomic mass is 16.5. The number of carbonyl (C=O) groups excluding carboxylic acids is 1. The molecular weight excluding hydrogens is 268 g/mol. The predicted octanol–water partition coefficient (Wildman–Crippen LogP) is 1.15. The molecule has 0 aromatic heterocycles. The van der Waals surface area contributed by atoms with E-state index in [4.69, 9.17) is 10.5 Å². The number of ether oxygens (including phenoxy) is 1. The smallest absolute Gasteiger partial charge is 0.239 e. The van der Waals surface area contributed by atoms with Gasteiger partial charge in [-0.25, -0.2) is 0 Å². The van der Waals surface area contributed by atoms with Crippen molar-refractivity contribution in [3.8, 4) is 5.75 Å². The number of piperidine rings is 1. The van der Waals surface area contributed by atoms with Crippen LogP contribution in [0.3, 0.4) is 0 Å². The molecule has 3 N–H and O–H groups in total. The second-order valence-corrected chi connectivity index (χ2v) is 5.70. The van der Waals surface area contributed by atoms with Crippen LogP contribution >= 0.6 is 0 Å². The minimum absolute atomic E-state index is 0.0129. The number of likely N-dealkylation sites (tertiary alicyclic amines) is 1. The highest BCUT2D eigenvalue weighted by Gasteiger charge is 2.26. The summed E-state index contributed by atoms with van der Waals surface area (Å²) >= 11 is 0. The fourth-order valence-electron chi connectivity index (χ4n) is 2.76. The topological polar surface area (TPSA) is 75.8 Å². The summed E-state index contributed by atoms with van der Waals surface area (Å²) in [5.74, 6) is 0.783. The van der Waals surface area contributed by atoms with Gasteiger partial charge in [0.25, 0.3) is 0 Å². The minimum Gasteiger partial charge on any atom is -0.508 e. The Bertz CT molecular complexity index is 453. The number of nitrogens with zero attached hydrogens (tertiary/aromatic N) is 1. The van der Waals surface area contributed by atoms with E-state index in [-0.39, 0.29) is 11.7 Å². The second kappa shape index (κ2) is 7.43. The number of aromatic hydroxyl groups is 1. The summed E-state index contributed by atoms with van der Waals surface area (Å²) in [5, 5.41) is 9.26. The van der Waals surface area contributed by atoms with E-state index < -0.39 is 6.04 Å². The third-order valence-corrected chi connectivity index (χ3v) is 4.04. The summed E-state index contributed by atoms with van der Waals surface area (Å²) < 4.78 is 5.16. The number of phenolic OH excluding ortho intramolecular Hbond substituents is 1. The van der Waals surface area contributed by atoms with Gasteiger partial charge in [-0.05, 0) is 42.9 Å². The number of hydrogen-bond acceptors (Lipinski definition) is 4. The molecule has 1 saturated heterocycles. The number of hydrogen-bond donors (Lipinski definition) is 2. The molecule has 21 heavy (non-hydrogen) atoms. The summed E-state index contributed by atoms with van der Waals surface area (Å²) in [6.07, 6.45) is 2.45. The number of phenols is 1. The maximum absolute atomic E-state index is 12.4. The normalized spacial score (nSPS) is 17.7. The number of nitrogens with two attached hydrogens (primary N) is 1. The number of carbonyl (C=O) groups is 1. The van der Waals surface area contributed by atoms with Crippen LogP contribution in [0, 0.1) is 5.92 Å². The number of amides is 1. The maximum atomic E-state index is 12.4. The van der Waals surface area contributed by atoms with Crippen LogP contribution in [-0.4, -0.2) is 48.8 Å². The molecular formula is C16H24N2O3. The van der Waals surface area contributed by atoms with E-state index in [0.29, 0.717) is 12.3 Å². The van der Waals surface area contributed by atoms with E-state index in [2.05, 4.69) is 0 Å². The zero-order valence-electron chi connectivity index (χ0n) is 12.5. The molecule has 0 radical (unpaired) electrons. The molecule has 1 amide bonds. The van der Waals surface area contributed by atoms with Crippen molar-refractivity contribution in [2.24, 2.45) is 11.7 Å². The van der Waals surface area contributed by atoms with Crippen molar-refractivity contribution in [2.75, 3.05) is 26.8 Å². The first-order valence-corrected chi connectivity index (χ1v) is 7.41. The van der Waals surface area contributed by atoms with Crippen molar-refractivity contribution in [3.05, 3.63) is 29.8 Å². The molecule has 1 heterocycles. The molecule has 0 aliphatic carbocycles. The van der Waals surface area contributed by atoms with Gasteiger partial charge in [0.1, 0.15) is 5.75 Å². The highest BCUT2D eigenvalue weighted by molar-refractivity contribution is 5.82. The minimum atomic E-state index is -0.520. The molecule has 1 aromatic rings. The standard InChI is InChI=1S/C16H24N2O3/c1-21-11-13-6-8-18(9-7-13)16(20)15(17)10-12-2-4-14(19)5-3-12/h2-5,13,15,19H,6-11,17H2,1H3. The van der Waals surface area contributed by atoms with Crippen LogP contribution in [0.15, 0.2) is 24.3 Å². The predicted molar refractivity (Wildman–Crippen MR) is 81.0 cm³/mol. The molecule has 1 aliphatic rings. The molecule has 1 fully saturated rings. The largest absolute Gasteiger partial charge is 0.508 e.